The van der Waals surface area contributed by atoms with Gasteiger partial charge in [0.25, 0.3) is 0 Å². The smallest absolute Gasteiger partial charge is 0.148 e. The quantitative estimate of drug-likeness (QED) is 0.846. The van der Waals surface area contributed by atoms with Crippen molar-refractivity contribution < 1.29 is 9.53 Å². The van der Waals surface area contributed by atoms with Gasteiger partial charge in [-0.15, -0.1) is 0 Å². The fourth-order valence-corrected chi connectivity index (χ4v) is 2.72. The molecule has 0 saturated heterocycles. The molecule has 20 heavy (non-hydrogen) atoms. The number of ketones is 1. The van der Waals surface area contributed by atoms with Gasteiger partial charge in [-0.2, -0.15) is 0 Å². The number of hydrogen-bond acceptors (Lipinski definition) is 2. The van der Waals surface area contributed by atoms with E-state index in [0.29, 0.717) is 23.1 Å². The lowest BCUT2D eigenvalue weighted by molar-refractivity contribution is -0.120. The van der Waals surface area contributed by atoms with Gasteiger partial charge in [0.05, 0.1) is 16.0 Å². The van der Waals surface area contributed by atoms with Crippen LogP contribution in [0.1, 0.15) is 17.0 Å². The van der Waals surface area contributed by atoms with E-state index in [9.17, 15) is 4.79 Å². The van der Waals surface area contributed by atoms with Crippen LogP contribution in [0.3, 0.4) is 0 Å². The van der Waals surface area contributed by atoms with E-state index in [1.165, 1.54) is 0 Å². The minimum Gasteiger partial charge on any atom is -0.492 e. The molecule has 3 rings (SSSR count). The van der Waals surface area contributed by atoms with Crippen molar-refractivity contribution in [1.29, 1.82) is 0 Å². The predicted molar refractivity (Wildman–Crippen MR) is 79.9 cm³/mol. The van der Waals surface area contributed by atoms with E-state index in [0.717, 1.165) is 16.9 Å². The zero-order chi connectivity index (χ0) is 14.1. The molecule has 0 amide bonds. The lowest BCUT2D eigenvalue weighted by atomic mass is 9.93. The second-order valence-corrected chi connectivity index (χ2v) is 5.61. The Kier molecular flexibility index (Phi) is 3.68. The molecule has 2 nitrogen and oxygen atoms in total. The first-order valence-electron chi connectivity index (χ1n) is 6.33. The molecule has 0 aromatic heterocycles. The number of ether oxygens (including phenoxy) is 1. The minimum absolute atomic E-state index is 0.133. The Morgan fingerprint density at radius 1 is 1.15 bits per heavy atom. The fourth-order valence-electron chi connectivity index (χ4n) is 2.40. The van der Waals surface area contributed by atoms with E-state index >= 15 is 0 Å². The van der Waals surface area contributed by atoms with Gasteiger partial charge in [-0.25, -0.2) is 0 Å². The molecule has 1 heterocycles. The summed E-state index contributed by atoms with van der Waals surface area (Å²) in [5.74, 6) is 0.744. The molecular weight excluding hydrogens is 295 g/mol. The van der Waals surface area contributed by atoms with Crippen molar-refractivity contribution in [2.24, 2.45) is 0 Å². The van der Waals surface area contributed by atoms with Gasteiger partial charge in [-0.1, -0.05) is 47.5 Å². The molecule has 1 aliphatic rings. The van der Waals surface area contributed by atoms with Crippen LogP contribution in [0.5, 0.6) is 5.75 Å². The summed E-state index contributed by atoms with van der Waals surface area (Å²) in [6, 6.07) is 12.9. The van der Waals surface area contributed by atoms with Crippen molar-refractivity contribution in [2.45, 2.75) is 12.3 Å². The molecule has 102 valence electrons. The van der Waals surface area contributed by atoms with E-state index in [4.69, 9.17) is 27.9 Å². The van der Waals surface area contributed by atoms with Crippen molar-refractivity contribution in [1.82, 2.24) is 0 Å². The normalized spacial score (nSPS) is 16.6. The van der Waals surface area contributed by atoms with Crippen LogP contribution in [0.4, 0.5) is 0 Å². The Morgan fingerprint density at radius 2 is 1.95 bits per heavy atom. The van der Waals surface area contributed by atoms with Gasteiger partial charge in [0, 0.05) is 12.0 Å². The van der Waals surface area contributed by atoms with Gasteiger partial charge in [-0.05, 0) is 23.8 Å². The van der Waals surface area contributed by atoms with Crippen LogP contribution >= 0.6 is 23.2 Å². The van der Waals surface area contributed by atoms with E-state index in [-0.39, 0.29) is 11.7 Å². The second kappa shape index (κ2) is 5.47. The van der Waals surface area contributed by atoms with Crippen LogP contribution in [-0.2, 0) is 11.2 Å². The Morgan fingerprint density at radius 3 is 2.75 bits per heavy atom. The lowest BCUT2D eigenvalue weighted by Crippen LogP contribution is -2.16. The molecular formula is C16H12Cl2O2. The molecule has 0 aliphatic carbocycles. The number of halogens is 2. The Hall–Kier alpha value is -1.51. The summed E-state index contributed by atoms with van der Waals surface area (Å²) in [6.45, 7) is 0.416. The Balaban J connectivity index is 1.79. The third-order valence-electron chi connectivity index (χ3n) is 3.45. The molecule has 0 spiro atoms. The van der Waals surface area contributed by atoms with Crippen molar-refractivity contribution in [3.8, 4) is 5.75 Å². The fraction of sp³-hybridized carbons (Fsp3) is 0.188. The van der Waals surface area contributed by atoms with E-state index in [1.807, 2.05) is 30.3 Å². The number of carbonyl (C=O) groups excluding carboxylic acids is 1. The summed E-state index contributed by atoms with van der Waals surface area (Å²) in [4.78, 5) is 12.4. The molecule has 0 fully saturated rings. The highest BCUT2D eigenvalue weighted by molar-refractivity contribution is 6.42. The van der Waals surface area contributed by atoms with Gasteiger partial charge in [0.2, 0.25) is 0 Å². The van der Waals surface area contributed by atoms with E-state index in [1.54, 1.807) is 12.1 Å². The van der Waals surface area contributed by atoms with E-state index in [2.05, 4.69) is 0 Å². The Labute approximate surface area is 127 Å². The molecule has 0 bridgehead atoms. The first-order chi connectivity index (χ1) is 9.65. The monoisotopic (exact) mass is 306 g/mol. The highest BCUT2D eigenvalue weighted by Crippen LogP contribution is 2.34. The number of carbonyl (C=O) groups is 1. The third-order valence-corrected chi connectivity index (χ3v) is 4.19. The van der Waals surface area contributed by atoms with Crippen LogP contribution in [0.25, 0.3) is 0 Å². The summed E-state index contributed by atoms with van der Waals surface area (Å²) in [5.41, 5.74) is 1.84. The van der Waals surface area contributed by atoms with Crippen molar-refractivity contribution in [3.63, 3.8) is 0 Å². The van der Waals surface area contributed by atoms with Crippen LogP contribution in [0, 0.1) is 0 Å². The number of benzene rings is 2. The van der Waals surface area contributed by atoms with Crippen LogP contribution in [-0.4, -0.2) is 12.4 Å². The summed E-state index contributed by atoms with van der Waals surface area (Å²) in [6.07, 6.45) is 0.333. The van der Waals surface area contributed by atoms with Gasteiger partial charge in [-0.3, -0.25) is 4.79 Å². The summed E-state index contributed by atoms with van der Waals surface area (Å²) in [7, 11) is 0. The first-order valence-corrected chi connectivity index (χ1v) is 7.09. The highest BCUT2D eigenvalue weighted by Gasteiger charge is 2.29. The van der Waals surface area contributed by atoms with Crippen LogP contribution in [0.15, 0.2) is 42.5 Å². The van der Waals surface area contributed by atoms with Crippen molar-refractivity contribution in [3.05, 3.63) is 63.6 Å². The van der Waals surface area contributed by atoms with Crippen LogP contribution < -0.4 is 4.74 Å². The molecule has 0 radical (unpaired) electrons. The summed E-state index contributed by atoms with van der Waals surface area (Å²) in [5, 5.41) is 0.970. The summed E-state index contributed by atoms with van der Waals surface area (Å²) >= 11 is 11.8. The number of hydrogen-bond donors (Lipinski definition) is 0. The molecule has 1 atom stereocenters. The number of rotatable bonds is 3. The average molecular weight is 307 g/mol. The third kappa shape index (κ3) is 2.54. The molecule has 4 heteroatoms. The van der Waals surface area contributed by atoms with Crippen LogP contribution in [0.2, 0.25) is 10.0 Å². The average Bonchev–Trinajstić information content (AvgIpc) is 2.87. The Bertz CT molecular complexity index is 667. The highest BCUT2D eigenvalue weighted by atomic mass is 35.5. The molecule has 2 aromatic carbocycles. The largest absolute Gasteiger partial charge is 0.492 e. The molecule has 2 aromatic rings. The minimum atomic E-state index is -0.194. The molecule has 1 aliphatic heterocycles. The number of para-hydroxylation sites is 1. The molecule has 0 N–H and O–H groups in total. The molecule has 1 unspecified atom stereocenters. The maximum atomic E-state index is 12.4. The topological polar surface area (TPSA) is 26.3 Å². The lowest BCUT2D eigenvalue weighted by Gasteiger charge is -2.08. The van der Waals surface area contributed by atoms with Crippen molar-refractivity contribution in [2.75, 3.05) is 6.61 Å². The van der Waals surface area contributed by atoms with Gasteiger partial charge in [0.1, 0.15) is 18.1 Å². The van der Waals surface area contributed by atoms with Crippen molar-refractivity contribution >= 4 is 29.0 Å². The maximum Gasteiger partial charge on any atom is 0.148 e. The van der Waals surface area contributed by atoms with Gasteiger partial charge in [0.15, 0.2) is 0 Å². The number of fused-ring (bicyclic) bond motifs is 1. The zero-order valence-corrected chi connectivity index (χ0v) is 12.1. The molecule has 0 saturated carbocycles. The SMILES string of the molecule is O=C(Cc1ccc(Cl)c(Cl)c1)C1COc2ccccc21. The van der Waals surface area contributed by atoms with Gasteiger partial charge >= 0.3 is 0 Å². The number of Topliss-reactive ketones (excluding diaryl/α,β-unsaturated/α-hetero) is 1. The second-order valence-electron chi connectivity index (χ2n) is 4.79. The predicted octanol–water partition coefficient (Wildman–Crippen LogP) is 4.28. The standard InChI is InChI=1S/C16H12Cl2O2/c17-13-6-5-10(7-14(13)18)8-15(19)12-9-20-16-4-2-1-3-11(12)16/h1-7,12H,8-9H2. The zero-order valence-electron chi connectivity index (χ0n) is 10.6. The van der Waals surface area contributed by atoms with Gasteiger partial charge < -0.3 is 4.74 Å². The maximum absolute atomic E-state index is 12.4. The summed E-state index contributed by atoms with van der Waals surface area (Å²) < 4.78 is 5.54. The van der Waals surface area contributed by atoms with E-state index < -0.39 is 0 Å². The first kappa shape index (κ1) is 13.5.